The fourth-order valence-corrected chi connectivity index (χ4v) is 3.52. The van der Waals surface area contributed by atoms with Gasteiger partial charge in [-0.2, -0.15) is 0 Å². The quantitative estimate of drug-likeness (QED) is 0.745. The molecule has 0 radical (unpaired) electrons. The maximum Gasteiger partial charge on any atom is 0.0570 e. The molecule has 0 saturated heterocycles. The first kappa shape index (κ1) is 13.3. The van der Waals surface area contributed by atoms with Crippen molar-refractivity contribution in [3.05, 3.63) is 54.1 Å². The molecule has 0 aromatic heterocycles. The third-order valence-electron chi connectivity index (χ3n) is 3.52. The summed E-state index contributed by atoms with van der Waals surface area (Å²) in [5, 5.41) is 0. The molecule has 1 nitrogen and oxygen atoms in total. The molecule has 1 aromatic carbocycles. The van der Waals surface area contributed by atoms with E-state index in [4.69, 9.17) is 0 Å². The summed E-state index contributed by atoms with van der Waals surface area (Å²) in [4.78, 5) is 0.931. The van der Waals surface area contributed by atoms with Gasteiger partial charge in [0, 0.05) is 10.6 Å². The van der Waals surface area contributed by atoms with Crippen molar-refractivity contribution in [1.29, 1.82) is 0 Å². The van der Waals surface area contributed by atoms with Gasteiger partial charge in [-0.25, -0.2) is 0 Å². The number of hydrogen-bond acceptors (Lipinski definition) is 1. The standard InChI is InChI=1S/C16H20OS/c1-13(2)15-10-8-14(9-11-15)12-18(17)16-6-4-3-5-7-16/h3-8,15H,1,9-12H2,2H3/t15-,18-/m0/s1. The predicted octanol–water partition coefficient (Wildman–Crippen LogP) is 4.10. The molecule has 1 aromatic rings. The summed E-state index contributed by atoms with van der Waals surface area (Å²) in [7, 11) is -0.894. The zero-order valence-electron chi connectivity index (χ0n) is 10.9. The highest BCUT2D eigenvalue weighted by atomic mass is 32.2. The molecule has 0 unspecified atom stereocenters. The van der Waals surface area contributed by atoms with Crippen LogP contribution in [0.3, 0.4) is 0 Å². The third-order valence-corrected chi connectivity index (χ3v) is 4.96. The van der Waals surface area contributed by atoms with Crippen LogP contribution in [0.1, 0.15) is 26.2 Å². The van der Waals surface area contributed by atoms with Crippen LogP contribution < -0.4 is 0 Å². The van der Waals surface area contributed by atoms with Crippen molar-refractivity contribution in [3.63, 3.8) is 0 Å². The molecule has 2 heteroatoms. The Hall–Kier alpha value is -1.15. The minimum Gasteiger partial charge on any atom is -0.254 e. The van der Waals surface area contributed by atoms with Gasteiger partial charge >= 0.3 is 0 Å². The van der Waals surface area contributed by atoms with Crippen LogP contribution in [0.25, 0.3) is 0 Å². The van der Waals surface area contributed by atoms with Crippen LogP contribution in [-0.4, -0.2) is 9.96 Å². The second kappa shape index (κ2) is 6.14. The second-order valence-electron chi connectivity index (χ2n) is 4.98. The van der Waals surface area contributed by atoms with Crippen molar-refractivity contribution in [3.8, 4) is 0 Å². The summed E-state index contributed by atoms with van der Waals surface area (Å²) in [5.41, 5.74) is 2.61. The molecule has 2 rings (SSSR count). The molecule has 0 fully saturated rings. The average Bonchev–Trinajstić information content (AvgIpc) is 2.40. The molecular formula is C16H20OS. The summed E-state index contributed by atoms with van der Waals surface area (Å²) < 4.78 is 12.2. The Morgan fingerprint density at radius 2 is 2.11 bits per heavy atom. The molecule has 2 atom stereocenters. The molecule has 0 bridgehead atoms. The maximum absolute atomic E-state index is 12.2. The molecule has 0 aliphatic heterocycles. The molecular weight excluding hydrogens is 240 g/mol. The smallest absolute Gasteiger partial charge is 0.0570 e. The third kappa shape index (κ3) is 3.42. The Bertz CT molecular complexity index is 473. The van der Waals surface area contributed by atoms with E-state index in [-0.39, 0.29) is 0 Å². The van der Waals surface area contributed by atoms with Gasteiger partial charge in [0.2, 0.25) is 0 Å². The van der Waals surface area contributed by atoms with E-state index in [0.29, 0.717) is 11.7 Å². The lowest BCUT2D eigenvalue weighted by Gasteiger charge is -2.21. The highest BCUT2D eigenvalue weighted by Gasteiger charge is 2.16. The van der Waals surface area contributed by atoms with E-state index in [1.165, 1.54) is 11.1 Å². The van der Waals surface area contributed by atoms with Crippen molar-refractivity contribution >= 4 is 10.8 Å². The minimum atomic E-state index is -0.894. The molecule has 0 spiro atoms. The summed E-state index contributed by atoms with van der Waals surface area (Å²) in [6, 6.07) is 9.73. The fraction of sp³-hybridized carbons (Fsp3) is 0.375. The monoisotopic (exact) mass is 260 g/mol. The second-order valence-corrected chi connectivity index (χ2v) is 6.43. The Balaban J connectivity index is 1.95. The molecule has 0 saturated carbocycles. The van der Waals surface area contributed by atoms with Gasteiger partial charge in [-0.1, -0.05) is 42.0 Å². The first-order valence-electron chi connectivity index (χ1n) is 6.43. The van der Waals surface area contributed by atoms with Crippen LogP contribution in [0.4, 0.5) is 0 Å². The first-order valence-corrected chi connectivity index (χ1v) is 7.75. The van der Waals surface area contributed by atoms with Crippen LogP contribution in [0.15, 0.2) is 59.0 Å². The predicted molar refractivity (Wildman–Crippen MR) is 78.0 cm³/mol. The number of rotatable bonds is 4. The minimum absolute atomic E-state index is 0.624. The maximum atomic E-state index is 12.2. The highest BCUT2D eigenvalue weighted by Crippen LogP contribution is 2.28. The lowest BCUT2D eigenvalue weighted by atomic mass is 9.86. The van der Waals surface area contributed by atoms with Gasteiger partial charge in [0.15, 0.2) is 0 Å². The van der Waals surface area contributed by atoms with E-state index in [2.05, 4.69) is 19.6 Å². The molecule has 0 heterocycles. The molecule has 0 N–H and O–H groups in total. The summed E-state index contributed by atoms with van der Waals surface area (Å²) in [5.74, 6) is 1.31. The Labute approximate surface area is 112 Å². The fourth-order valence-electron chi connectivity index (χ4n) is 2.29. The van der Waals surface area contributed by atoms with Crippen molar-refractivity contribution < 1.29 is 4.21 Å². The molecule has 0 amide bonds. The summed E-state index contributed by atoms with van der Waals surface area (Å²) >= 11 is 0. The van der Waals surface area contributed by atoms with Crippen LogP contribution in [-0.2, 0) is 10.8 Å². The van der Waals surface area contributed by atoms with Crippen LogP contribution in [0.5, 0.6) is 0 Å². The Morgan fingerprint density at radius 1 is 1.39 bits per heavy atom. The molecule has 18 heavy (non-hydrogen) atoms. The van der Waals surface area contributed by atoms with E-state index in [9.17, 15) is 4.21 Å². The van der Waals surface area contributed by atoms with E-state index in [1.54, 1.807) is 0 Å². The lowest BCUT2D eigenvalue weighted by Crippen LogP contribution is -2.10. The van der Waals surface area contributed by atoms with Gasteiger partial charge < -0.3 is 0 Å². The highest BCUT2D eigenvalue weighted by molar-refractivity contribution is 7.85. The number of benzene rings is 1. The van der Waals surface area contributed by atoms with Crippen LogP contribution in [0.2, 0.25) is 0 Å². The van der Waals surface area contributed by atoms with Gasteiger partial charge in [0.1, 0.15) is 0 Å². The number of hydrogen-bond donors (Lipinski definition) is 0. The topological polar surface area (TPSA) is 17.1 Å². The van der Waals surface area contributed by atoms with Crippen molar-refractivity contribution in [2.24, 2.45) is 5.92 Å². The molecule has 1 aliphatic carbocycles. The van der Waals surface area contributed by atoms with Crippen molar-refractivity contribution in [1.82, 2.24) is 0 Å². The van der Waals surface area contributed by atoms with E-state index < -0.39 is 10.8 Å². The van der Waals surface area contributed by atoms with Gasteiger partial charge in [-0.05, 0) is 44.2 Å². The average molecular weight is 260 g/mol. The van der Waals surface area contributed by atoms with Crippen LogP contribution in [0, 0.1) is 5.92 Å². The SMILES string of the molecule is C=C(C)[C@H]1CC=C(C[S@](=O)c2ccccc2)CC1. The molecule has 96 valence electrons. The summed E-state index contributed by atoms with van der Waals surface area (Å²) in [6.45, 7) is 6.13. The van der Waals surface area contributed by atoms with E-state index in [0.717, 1.165) is 24.2 Å². The number of allylic oxidation sites excluding steroid dienone is 2. The van der Waals surface area contributed by atoms with Crippen molar-refractivity contribution in [2.75, 3.05) is 5.75 Å². The van der Waals surface area contributed by atoms with Gasteiger partial charge in [0.25, 0.3) is 0 Å². The zero-order valence-corrected chi connectivity index (χ0v) is 11.7. The van der Waals surface area contributed by atoms with Gasteiger partial charge in [-0.15, -0.1) is 0 Å². The van der Waals surface area contributed by atoms with Crippen LogP contribution >= 0.6 is 0 Å². The van der Waals surface area contributed by atoms with Gasteiger partial charge in [-0.3, -0.25) is 4.21 Å². The summed E-state index contributed by atoms with van der Waals surface area (Å²) in [6.07, 6.45) is 5.56. The zero-order chi connectivity index (χ0) is 13.0. The van der Waals surface area contributed by atoms with Gasteiger partial charge in [0.05, 0.1) is 10.8 Å². The van der Waals surface area contributed by atoms with E-state index >= 15 is 0 Å². The molecule has 1 aliphatic rings. The van der Waals surface area contributed by atoms with E-state index in [1.807, 2.05) is 30.3 Å². The van der Waals surface area contributed by atoms with Crippen molar-refractivity contribution in [2.45, 2.75) is 31.1 Å². The first-order chi connectivity index (χ1) is 8.66. The largest absolute Gasteiger partial charge is 0.254 e. The Kier molecular flexibility index (Phi) is 4.54. The normalized spacial score (nSPS) is 21.2. The Morgan fingerprint density at radius 3 is 2.67 bits per heavy atom. The lowest BCUT2D eigenvalue weighted by molar-refractivity contribution is 0.540.